The minimum atomic E-state index is -3.16. The molecule has 0 unspecified atom stereocenters. The third kappa shape index (κ3) is 4.30. The Balaban J connectivity index is 4.46. The molecule has 72 valence electrons. The maximum atomic E-state index is 10.8. The number of hydrogen-bond acceptors (Lipinski definition) is 4. The van der Waals surface area contributed by atoms with Crippen molar-refractivity contribution >= 4 is 15.7 Å². The second kappa shape index (κ2) is 3.86. The summed E-state index contributed by atoms with van der Waals surface area (Å²) in [6, 6.07) is -0.736. The zero-order valence-electron chi connectivity index (χ0n) is 7.44. The van der Waals surface area contributed by atoms with E-state index in [1.54, 1.807) is 14.1 Å². The van der Waals surface area contributed by atoms with Gasteiger partial charge in [-0.3, -0.25) is 9.69 Å². The lowest BCUT2D eigenvalue weighted by molar-refractivity contribution is -0.121. The van der Waals surface area contributed by atoms with Crippen molar-refractivity contribution in [2.75, 3.05) is 26.1 Å². The highest BCUT2D eigenvalue weighted by Crippen LogP contribution is 1.96. The van der Waals surface area contributed by atoms with Gasteiger partial charge >= 0.3 is 0 Å². The molecule has 0 rings (SSSR count). The first kappa shape index (κ1) is 11.4. The fourth-order valence-corrected chi connectivity index (χ4v) is 1.81. The molecule has 0 aromatic carbocycles. The van der Waals surface area contributed by atoms with E-state index in [1.807, 2.05) is 0 Å². The molecule has 1 amide bonds. The monoisotopic (exact) mass is 194 g/mol. The first-order valence-corrected chi connectivity index (χ1v) is 5.43. The van der Waals surface area contributed by atoms with Gasteiger partial charge in [0.25, 0.3) is 0 Å². The van der Waals surface area contributed by atoms with Crippen LogP contribution in [0.15, 0.2) is 0 Å². The van der Waals surface area contributed by atoms with E-state index in [4.69, 9.17) is 5.73 Å². The summed E-state index contributed by atoms with van der Waals surface area (Å²) in [5.74, 6) is -0.847. The van der Waals surface area contributed by atoms with Crippen molar-refractivity contribution in [3.63, 3.8) is 0 Å². The molecular formula is C6H14N2O3S. The highest BCUT2D eigenvalue weighted by Gasteiger charge is 2.22. The summed E-state index contributed by atoms with van der Waals surface area (Å²) in [7, 11) is 0.0675. The van der Waals surface area contributed by atoms with Crippen molar-refractivity contribution in [1.29, 1.82) is 0 Å². The molecule has 0 aliphatic carbocycles. The Kier molecular flexibility index (Phi) is 3.66. The fourth-order valence-electron chi connectivity index (χ4n) is 0.772. The Labute approximate surface area is 72.5 Å². The minimum absolute atomic E-state index is 0.227. The van der Waals surface area contributed by atoms with Crippen LogP contribution >= 0.6 is 0 Å². The number of carbonyl (C=O) groups is 1. The molecule has 0 radical (unpaired) electrons. The number of likely N-dealkylation sites (N-methyl/N-ethyl adjacent to an activating group) is 1. The fraction of sp³-hybridized carbons (Fsp3) is 0.833. The van der Waals surface area contributed by atoms with Crippen molar-refractivity contribution < 1.29 is 13.2 Å². The molecule has 0 spiro atoms. The van der Waals surface area contributed by atoms with E-state index in [1.165, 1.54) is 4.90 Å². The summed E-state index contributed by atoms with van der Waals surface area (Å²) in [5.41, 5.74) is 5.00. The Morgan fingerprint density at radius 2 is 1.92 bits per heavy atom. The number of nitrogens with two attached hydrogens (primary N) is 1. The second-order valence-electron chi connectivity index (χ2n) is 2.97. The van der Waals surface area contributed by atoms with Crippen LogP contribution in [-0.4, -0.2) is 51.4 Å². The van der Waals surface area contributed by atoms with Gasteiger partial charge in [0, 0.05) is 6.26 Å². The molecular weight excluding hydrogens is 180 g/mol. The summed E-state index contributed by atoms with van der Waals surface area (Å²) >= 11 is 0. The Hall–Kier alpha value is -0.620. The average molecular weight is 194 g/mol. The molecule has 6 heteroatoms. The van der Waals surface area contributed by atoms with Crippen LogP contribution in [0, 0.1) is 0 Å². The van der Waals surface area contributed by atoms with Gasteiger partial charge in [0.15, 0.2) is 0 Å². The maximum absolute atomic E-state index is 10.8. The van der Waals surface area contributed by atoms with Crippen LogP contribution in [0.4, 0.5) is 0 Å². The van der Waals surface area contributed by atoms with Gasteiger partial charge in [0.1, 0.15) is 15.9 Å². The summed E-state index contributed by atoms with van der Waals surface area (Å²) in [6.07, 6.45) is 1.08. The minimum Gasteiger partial charge on any atom is -0.368 e. The number of primary amides is 1. The van der Waals surface area contributed by atoms with Crippen LogP contribution in [0.2, 0.25) is 0 Å². The van der Waals surface area contributed by atoms with Crippen LogP contribution in [0.25, 0.3) is 0 Å². The molecule has 5 nitrogen and oxygen atoms in total. The van der Waals surface area contributed by atoms with Crippen LogP contribution in [0.5, 0.6) is 0 Å². The van der Waals surface area contributed by atoms with Crippen molar-refractivity contribution in [2.45, 2.75) is 6.04 Å². The second-order valence-corrected chi connectivity index (χ2v) is 5.16. The summed E-state index contributed by atoms with van der Waals surface area (Å²) < 4.78 is 21.6. The van der Waals surface area contributed by atoms with Crippen LogP contribution < -0.4 is 5.73 Å². The third-order valence-electron chi connectivity index (χ3n) is 1.41. The van der Waals surface area contributed by atoms with Crippen LogP contribution in [0.3, 0.4) is 0 Å². The molecule has 0 aliphatic rings. The highest BCUT2D eigenvalue weighted by molar-refractivity contribution is 7.90. The Morgan fingerprint density at radius 1 is 1.50 bits per heavy atom. The lowest BCUT2D eigenvalue weighted by atomic mass is 10.3. The van der Waals surface area contributed by atoms with Crippen molar-refractivity contribution in [1.82, 2.24) is 4.90 Å². The lowest BCUT2D eigenvalue weighted by Gasteiger charge is -2.19. The Bertz CT molecular complexity index is 258. The van der Waals surface area contributed by atoms with Gasteiger partial charge in [-0.05, 0) is 14.1 Å². The van der Waals surface area contributed by atoms with Crippen LogP contribution in [0.1, 0.15) is 0 Å². The predicted molar refractivity (Wildman–Crippen MR) is 46.4 cm³/mol. The largest absolute Gasteiger partial charge is 0.368 e. The van der Waals surface area contributed by atoms with Crippen LogP contribution in [-0.2, 0) is 14.6 Å². The number of amides is 1. The molecule has 12 heavy (non-hydrogen) atoms. The molecule has 0 aromatic rings. The topological polar surface area (TPSA) is 80.5 Å². The zero-order chi connectivity index (χ0) is 9.94. The molecule has 0 saturated carbocycles. The van der Waals surface area contributed by atoms with E-state index < -0.39 is 21.8 Å². The van der Waals surface area contributed by atoms with E-state index in [-0.39, 0.29) is 5.75 Å². The average Bonchev–Trinajstić information content (AvgIpc) is 1.79. The number of rotatable bonds is 4. The van der Waals surface area contributed by atoms with Gasteiger partial charge in [0.05, 0.1) is 5.75 Å². The SMILES string of the molecule is CN(C)[C@@H](CS(C)(=O)=O)C(N)=O. The van der Waals surface area contributed by atoms with Crippen molar-refractivity contribution in [3.05, 3.63) is 0 Å². The molecule has 0 fully saturated rings. The van der Waals surface area contributed by atoms with Gasteiger partial charge in [-0.15, -0.1) is 0 Å². The molecule has 0 aromatic heterocycles. The summed E-state index contributed by atoms with van der Waals surface area (Å²) in [6.45, 7) is 0. The van der Waals surface area contributed by atoms with Gasteiger partial charge in [-0.1, -0.05) is 0 Å². The summed E-state index contributed by atoms with van der Waals surface area (Å²) in [5, 5.41) is 0. The smallest absolute Gasteiger partial charge is 0.235 e. The first-order valence-electron chi connectivity index (χ1n) is 3.37. The normalized spacial score (nSPS) is 14.7. The van der Waals surface area contributed by atoms with E-state index >= 15 is 0 Å². The molecule has 2 N–H and O–H groups in total. The molecule has 0 saturated heterocycles. The Morgan fingerprint density at radius 3 is 2.00 bits per heavy atom. The number of nitrogens with zero attached hydrogens (tertiary/aromatic N) is 1. The third-order valence-corrected chi connectivity index (χ3v) is 2.33. The quantitative estimate of drug-likeness (QED) is 0.587. The molecule has 0 bridgehead atoms. The molecule has 0 aliphatic heterocycles. The summed E-state index contributed by atoms with van der Waals surface area (Å²) in [4.78, 5) is 12.2. The van der Waals surface area contributed by atoms with E-state index in [0.717, 1.165) is 6.26 Å². The first-order chi connectivity index (χ1) is 5.24. The standard InChI is InChI=1S/C6H14N2O3S/c1-8(2)5(6(7)9)4-12(3,10)11/h5H,4H2,1-3H3,(H2,7,9)/t5-/m0/s1. The maximum Gasteiger partial charge on any atom is 0.235 e. The molecule has 1 atom stereocenters. The number of carbonyl (C=O) groups excluding carboxylic acids is 1. The van der Waals surface area contributed by atoms with Gasteiger partial charge < -0.3 is 5.73 Å². The molecule has 0 heterocycles. The van der Waals surface area contributed by atoms with E-state index in [9.17, 15) is 13.2 Å². The highest BCUT2D eigenvalue weighted by atomic mass is 32.2. The van der Waals surface area contributed by atoms with Crippen molar-refractivity contribution in [2.24, 2.45) is 5.73 Å². The van der Waals surface area contributed by atoms with E-state index in [2.05, 4.69) is 0 Å². The number of hydrogen-bond donors (Lipinski definition) is 1. The van der Waals surface area contributed by atoms with Crippen molar-refractivity contribution in [3.8, 4) is 0 Å². The van der Waals surface area contributed by atoms with Gasteiger partial charge in [-0.2, -0.15) is 0 Å². The predicted octanol–water partition coefficient (Wildman–Crippen LogP) is -1.55. The number of sulfone groups is 1. The van der Waals surface area contributed by atoms with Gasteiger partial charge in [-0.25, -0.2) is 8.42 Å². The van der Waals surface area contributed by atoms with Gasteiger partial charge in [0.2, 0.25) is 5.91 Å². The zero-order valence-corrected chi connectivity index (χ0v) is 8.26. The van der Waals surface area contributed by atoms with E-state index in [0.29, 0.717) is 0 Å². The lowest BCUT2D eigenvalue weighted by Crippen LogP contribution is -2.44.